The van der Waals surface area contributed by atoms with E-state index < -0.39 is 5.41 Å². The summed E-state index contributed by atoms with van der Waals surface area (Å²) in [4.78, 5) is 15.3. The molecular formula is C21H26FNO. The van der Waals surface area contributed by atoms with Crippen molar-refractivity contribution in [2.24, 2.45) is 0 Å². The van der Waals surface area contributed by atoms with Gasteiger partial charge < -0.3 is 4.90 Å². The molecule has 0 aromatic heterocycles. The largest absolute Gasteiger partial charge is 0.307 e. The van der Waals surface area contributed by atoms with Gasteiger partial charge in [-0.05, 0) is 50.7 Å². The standard InChI is InChI=1S/C21H26FNO/c1-5-20(24)21(15-16(2)23(3)4,17-9-7-6-8-10-17)18-11-13-19(22)14-12-18/h6-14,16H,5,15H2,1-4H3/t16-,21+/m1/s1. The van der Waals surface area contributed by atoms with E-state index in [4.69, 9.17) is 0 Å². The molecule has 0 saturated carbocycles. The summed E-state index contributed by atoms with van der Waals surface area (Å²) in [5, 5.41) is 0. The Bertz CT molecular complexity index is 666. The van der Waals surface area contributed by atoms with E-state index in [0.29, 0.717) is 12.8 Å². The smallest absolute Gasteiger partial charge is 0.147 e. The lowest BCUT2D eigenvalue weighted by molar-refractivity contribution is -0.123. The number of carbonyl (C=O) groups is 1. The van der Waals surface area contributed by atoms with Crippen LogP contribution in [0.3, 0.4) is 0 Å². The molecule has 3 heteroatoms. The molecule has 0 heterocycles. The lowest BCUT2D eigenvalue weighted by atomic mass is 9.67. The van der Waals surface area contributed by atoms with Crippen molar-refractivity contribution in [2.75, 3.05) is 14.1 Å². The fraction of sp³-hybridized carbons (Fsp3) is 0.381. The number of hydrogen-bond donors (Lipinski definition) is 0. The number of Topliss-reactive ketones (excluding diaryl/α,β-unsaturated/α-hetero) is 1. The van der Waals surface area contributed by atoms with E-state index in [2.05, 4.69) is 11.8 Å². The molecule has 2 rings (SSSR count). The number of rotatable bonds is 7. The maximum absolute atomic E-state index is 13.5. The molecule has 0 radical (unpaired) electrons. The molecule has 0 N–H and O–H groups in total. The van der Waals surface area contributed by atoms with Crippen molar-refractivity contribution in [2.45, 2.75) is 38.1 Å². The summed E-state index contributed by atoms with van der Waals surface area (Å²) in [6, 6.07) is 16.4. The first-order valence-electron chi connectivity index (χ1n) is 8.43. The van der Waals surface area contributed by atoms with Gasteiger partial charge in [0.15, 0.2) is 0 Å². The van der Waals surface area contributed by atoms with Crippen molar-refractivity contribution >= 4 is 5.78 Å². The molecule has 128 valence electrons. The molecule has 0 aliphatic carbocycles. The number of carbonyl (C=O) groups excluding carboxylic acids is 1. The summed E-state index contributed by atoms with van der Waals surface area (Å²) >= 11 is 0. The monoisotopic (exact) mass is 327 g/mol. The van der Waals surface area contributed by atoms with E-state index in [0.717, 1.165) is 11.1 Å². The Labute approximate surface area is 144 Å². The van der Waals surface area contributed by atoms with Crippen LogP contribution in [0.15, 0.2) is 54.6 Å². The van der Waals surface area contributed by atoms with Crippen LogP contribution < -0.4 is 0 Å². The van der Waals surface area contributed by atoms with Gasteiger partial charge in [-0.1, -0.05) is 49.4 Å². The first-order valence-corrected chi connectivity index (χ1v) is 8.43. The van der Waals surface area contributed by atoms with Crippen molar-refractivity contribution in [1.29, 1.82) is 0 Å². The Hall–Kier alpha value is -2.00. The molecule has 0 amide bonds. The van der Waals surface area contributed by atoms with E-state index in [1.807, 2.05) is 51.4 Å². The lowest BCUT2D eigenvalue weighted by Gasteiger charge is -2.37. The number of benzene rings is 2. The Kier molecular flexibility index (Phi) is 5.89. The minimum atomic E-state index is -0.757. The molecule has 0 unspecified atom stereocenters. The third-order valence-electron chi connectivity index (χ3n) is 4.88. The molecule has 2 aromatic carbocycles. The van der Waals surface area contributed by atoms with Crippen LogP contribution in [0.4, 0.5) is 4.39 Å². The van der Waals surface area contributed by atoms with Crippen LogP contribution in [0.1, 0.15) is 37.8 Å². The molecular weight excluding hydrogens is 301 g/mol. The Morgan fingerprint density at radius 2 is 1.58 bits per heavy atom. The van der Waals surface area contributed by atoms with Crippen LogP contribution in [0, 0.1) is 5.82 Å². The molecule has 2 nitrogen and oxygen atoms in total. The van der Waals surface area contributed by atoms with Gasteiger partial charge in [-0.25, -0.2) is 4.39 Å². The second-order valence-electron chi connectivity index (χ2n) is 6.57. The number of ketones is 1. The molecule has 0 saturated heterocycles. The lowest BCUT2D eigenvalue weighted by Crippen LogP contribution is -2.43. The maximum atomic E-state index is 13.5. The topological polar surface area (TPSA) is 20.3 Å². The van der Waals surface area contributed by atoms with Gasteiger partial charge >= 0.3 is 0 Å². The van der Waals surface area contributed by atoms with Gasteiger partial charge in [0, 0.05) is 12.5 Å². The molecule has 0 spiro atoms. The normalized spacial score (nSPS) is 15.1. The summed E-state index contributed by atoms with van der Waals surface area (Å²) < 4.78 is 13.5. The van der Waals surface area contributed by atoms with E-state index in [9.17, 15) is 9.18 Å². The second kappa shape index (κ2) is 7.71. The number of nitrogens with zero attached hydrogens (tertiary/aromatic N) is 1. The molecule has 24 heavy (non-hydrogen) atoms. The van der Waals surface area contributed by atoms with Crippen LogP contribution >= 0.6 is 0 Å². The highest BCUT2D eigenvalue weighted by atomic mass is 19.1. The van der Waals surface area contributed by atoms with Crippen LogP contribution in [0.5, 0.6) is 0 Å². The van der Waals surface area contributed by atoms with Crippen LogP contribution in [-0.2, 0) is 10.2 Å². The van der Waals surface area contributed by atoms with E-state index >= 15 is 0 Å². The van der Waals surface area contributed by atoms with Gasteiger partial charge in [-0.15, -0.1) is 0 Å². The molecule has 0 aliphatic heterocycles. The molecule has 0 bridgehead atoms. The van der Waals surface area contributed by atoms with Gasteiger partial charge in [0.05, 0.1) is 5.41 Å². The molecule has 2 atom stereocenters. The predicted octanol–water partition coefficient (Wildman–Crippen LogP) is 4.43. The van der Waals surface area contributed by atoms with E-state index in [-0.39, 0.29) is 17.6 Å². The maximum Gasteiger partial charge on any atom is 0.147 e. The minimum Gasteiger partial charge on any atom is -0.307 e. The van der Waals surface area contributed by atoms with E-state index in [1.165, 1.54) is 12.1 Å². The summed E-state index contributed by atoms with van der Waals surface area (Å²) in [5.41, 5.74) is 1.07. The SMILES string of the molecule is CCC(=O)[C@@](C[C@@H](C)N(C)C)(c1ccccc1)c1ccc(F)cc1. The second-order valence-corrected chi connectivity index (χ2v) is 6.57. The van der Waals surface area contributed by atoms with Crippen LogP contribution in [-0.4, -0.2) is 30.8 Å². The van der Waals surface area contributed by atoms with Crippen LogP contribution in [0.25, 0.3) is 0 Å². The number of halogens is 1. The van der Waals surface area contributed by atoms with Crippen molar-refractivity contribution in [3.63, 3.8) is 0 Å². The van der Waals surface area contributed by atoms with Crippen molar-refractivity contribution in [3.8, 4) is 0 Å². The van der Waals surface area contributed by atoms with E-state index in [1.54, 1.807) is 12.1 Å². The Morgan fingerprint density at radius 3 is 2.08 bits per heavy atom. The number of hydrogen-bond acceptors (Lipinski definition) is 2. The fourth-order valence-electron chi connectivity index (χ4n) is 3.22. The first kappa shape index (κ1) is 18.3. The van der Waals surface area contributed by atoms with Gasteiger partial charge in [-0.2, -0.15) is 0 Å². The van der Waals surface area contributed by atoms with Crippen molar-refractivity contribution < 1.29 is 9.18 Å². The van der Waals surface area contributed by atoms with Gasteiger partial charge in [0.1, 0.15) is 11.6 Å². The predicted molar refractivity (Wildman–Crippen MR) is 96.7 cm³/mol. The molecule has 2 aromatic rings. The van der Waals surface area contributed by atoms with Crippen LogP contribution in [0.2, 0.25) is 0 Å². The highest BCUT2D eigenvalue weighted by Gasteiger charge is 2.41. The summed E-state index contributed by atoms with van der Waals surface area (Å²) in [5.74, 6) is -0.126. The zero-order valence-corrected chi connectivity index (χ0v) is 14.9. The van der Waals surface area contributed by atoms with Gasteiger partial charge in [0.2, 0.25) is 0 Å². The van der Waals surface area contributed by atoms with Gasteiger partial charge in [0.25, 0.3) is 0 Å². The quantitative estimate of drug-likeness (QED) is 0.750. The Morgan fingerprint density at radius 1 is 1.04 bits per heavy atom. The highest BCUT2D eigenvalue weighted by Crippen LogP contribution is 2.39. The molecule has 0 aliphatic rings. The highest BCUT2D eigenvalue weighted by molar-refractivity contribution is 5.93. The Balaban J connectivity index is 2.68. The minimum absolute atomic E-state index is 0.161. The third-order valence-corrected chi connectivity index (χ3v) is 4.88. The van der Waals surface area contributed by atoms with Gasteiger partial charge in [-0.3, -0.25) is 4.79 Å². The van der Waals surface area contributed by atoms with Crippen molar-refractivity contribution in [1.82, 2.24) is 4.90 Å². The third kappa shape index (κ3) is 3.57. The van der Waals surface area contributed by atoms with Crippen molar-refractivity contribution in [3.05, 3.63) is 71.5 Å². The summed E-state index contributed by atoms with van der Waals surface area (Å²) in [6.45, 7) is 4.01. The molecule has 0 fully saturated rings. The zero-order chi connectivity index (χ0) is 17.7. The zero-order valence-electron chi connectivity index (χ0n) is 14.9. The first-order chi connectivity index (χ1) is 11.4. The average molecular weight is 327 g/mol. The fourth-order valence-corrected chi connectivity index (χ4v) is 3.22. The average Bonchev–Trinajstić information content (AvgIpc) is 2.60. The summed E-state index contributed by atoms with van der Waals surface area (Å²) in [7, 11) is 4.03. The summed E-state index contributed by atoms with van der Waals surface area (Å²) in [6.07, 6.45) is 1.09.